The molecule has 146 valence electrons. The average Bonchev–Trinajstić information content (AvgIpc) is 3.11. The maximum atomic E-state index is 12.4. The molecule has 0 bridgehead atoms. The van der Waals surface area contributed by atoms with Gasteiger partial charge in [0.25, 0.3) is 5.91 Å². The van der Waals surface area contributed by atoms with E-state index in [-0.39, 0.29) is 5.91 Å². The molecule has 3 rings (SSSR count). The van der Waals surface area contributed by atoms with Gasteiger partial charge in [0.15, 0.2) is 6.10 Å². The third kappa shape index (κ3) is 5.13. The van der Waals surface area contributed by atoms with Gasteiger partial charge in [-0.2, -0.15) is 0 Å². The van der Waals surface area contributed by atoms with Crippen LogP contribution >= 0.6 is 34.5 Å². The van der Waals surface area contributed by atoms with Crippen molar-refractivity contribution in [2.45, 2.75) is 19.4 Å². The second-order valence-corrected chi connectivity index (χ2v) is 7.72. The van der Waals surface area contributed by atoms with Gasteiger partial charge < -0.3 is 9.47 Å². The number of carbonyl (C=O) groups is 1. The first-order valence-corrected chi connectivity index (χ1v) is 9.90. The van der Waals surface area contributed by atoms with Crippen molar-refractivity contribution in [3.8, 4) is 11.5 Å². The summed E-state index contributed by atoms with van der Waals surface area (Å²) < 4.78 is 10.9. The van der Waals surface area contributed by atoms with Crippen molar-refractivity contribution in [2.75, 3.05) is 12.4 Å². The predicted octanol–water partition coefficient (Wildman–Crippen LogP) is 4.85. The first-order chi connectivity index (χ1) is 13.5. The number of nitrogens with one attached hydrogen (secondary N) is 1. The Balaban J connectivity index is 1.61. The zero-order chi connectivity index (χ0) is 20.1. The quantitative estimate of drug-likeness (QED) is 0.571. The molecule has 2 aromatic carbocycles. The van der Waals surface area contributed by atoms with E-state index in [9.17, 15) is 4.79 Å². The van der Waals surface area contributed by atoms with Gasteiger partial charge in [-0.15, -0.1) is 10.2 Å². The van der Waals surface area contributed by atoms with E-state index in [0.717, 1.165) is 16.3 Å². The normalized spacial score (nSPS) is 11.7. The Hall–Kier alpha value is -2.35. The molecule has 1 atom stereocenters. The summed E-state index contributed by atoms with van der Waals surface area (Å²) in [6.45, 7) is 1.62. The number of carbonyl (C=O) groups excluding carboxylic acids is 1. The molecule has 1 aromatic heterocycles. The molecule has 1 heterocycles. The van der Waals surface area contributed by atoms with Crippen molar-refractivity contribution >= 4 is 45.6 Å². The number of rotatable bonds is 7. The lowest BCUT2D eigenvalue weighted by atomic mass is 10.1. The number of anilines is 1. The Kier molecular flexibility index (Phi) is 6.72. The molecule has 1 N–H and O–H groups in total. The molecule has 1 unspecified atom stereocenters. The van der Waals surface area contributed by atoms with Crippen LogP contribution < -0.4 is 14.8 Å². The fraction of sp³-hybridized carbons (Fsp3) is 0.211. The molecule has 0 aliphatic heterocycles. The fourth-order valence-corrected chi connectivity index (χ4v) is 3.63. The van der Waals surface area contributed by atoms with E-state index in [1.165, 1.54) is 11.3 Å². The lowest BCUT2D eigenvalue weighted by Crippen LogP contribution is -2.30. The van der Waals surface area contributed by atoms with E-state index in [4.69, 9.17) is 32.7 Å². The highest BCUT2D eigenvalue weighted by Crippen LogP contribution is 2.29. The van der Waals surface area contributed by atoms with Gasteiger partial charge in [-0.1, -0.05) is 52.7 Å². The molecule has 3 aromatic rings. The number of halogens is 2. The Morgan fingerprint density at radius 2 is 1.96 bits per heavy atom. The molecule has 0 fully saturated rings. The van der Waals surface area contributed by atoms with Gasteiger partial charge in [0.1, 0.15) is 16.5 Å². The molecule has 1 amide bonds. The highest BCUT2D eigenvalue weighted by molar-refractivity contribution is 7.15. The van der Waals surface area contributed by atoms with Crippen molar-refractivity contribution < 1.29 is 14.3 Å². The molecule has 0 saturated carbocycles. The Labute approximate surface area is 176 Å². The topological polar surface area (TPSA) is 73.3 Å². The van der Waals surface area contributed by atoms with Crippen LogP contribution in [0.15, 0.2) is 42.5 Å². The summed E-state index contributed by atoms with van der Waals surface area (Å²) in [5.74, 6) is 0.805. The lowest BCUT2D eigenvalue weighted by Gasteiger charge is -2.14. The second kappa shape index (κ2) is 9.23. The van der Waals surface area contributed by atoms with Gasteiger partial charge in [-0.3, -0.25) is 10.1 Å². The van der Waals surface area contributed by atoms with Crippen molar-refractivity contribution in [3.63, 3.8) is 0 Å². The number of aromatic nitrogens is 2. The van der Waals surface area contributed by atoms with E-state index in [1.54, 1.807) is 32.2 Å². The van der Waals surface area contributed by atoms with Crippen LogP contribution in [-0.2, 0) is 11.2 Å². The number of hydrogen-bond acceptors (Lipinski definition) is 6. The predicted molar refractivity (Wildman–Crippen MR) is 111 cm³/mol. The second-order valence-electron chi connectivity index (χ2n) is 5.81. The largest absolute Gasteiger partial charge is 0.496 e. The molecule has 0 radical (unpaired) electrons. The summed E-state index contributed by atoms with van der Waals surface area (Å²) in [7, 11) is 1.62. The fourth-order valence-electron chi connectivity index (χ4n) is 2.41. The van der Waals surface area contributed by atoms with Crippen molar-refractivity contribution in [1.29, 1.82) is 0 Å². The minimum atomic E-state index is -0.778. The first kappa shape index (κ1) is 20.4. The minimum absolute atomic E-state index is 0.335. The third-order valence-electron chi connectivity index (χ3n) is 3.80. The Bertz CT molecular complexity index is 981. The number of ether oxygens (including phenoxy) is 2. The van der Waals surface area contributed by atoms with Crippen LogP contribution in [0.3, 0.4) is 0 Å². The van der Waals surface area contributed by atoms with E-state index >= 15 is 0 Å². The van der Waals surface area contributed by atoms with Crippen LogP contribution in [0.5, 0.6) is 11.5 Å². The Morgan fingerprint density at radius 1 is 1.18 bits per heavy atom. The van der Waals surface area contributed by atoms with Crippen LogP contribution in [-0.4, -0.2) is 29.3 Å². The third-order valence-corrected chi connectivity index (χ3v) is 5.17. The van der Waals surface area contributed by atoms with Gasteiger partial charge >= 0.3 is 0 Å². The minimum Gasteiger partial charge on any atom is -0.496 e. The number of para-hydroxylation sites is 1. The van der Waals surface area contributed by atoms with Crippen molar-refractivity contribution in [1.82, 2.24) is 10.2 Å². The summed E-state index contributed by atoms with van der Waals surface area (Å²) >= 11 is 13.2. The van der Waals surface area contributed by atoms with Crippen molar-refractivity contribution in [2.24, 2.45) is 0 Å². The molecule has 0 spiro atoms. The van der Waals surface area contributed by atoms with Gasteiger partial charge in [-0.05, 0) is 31.2 Å². The van der Waals surface area contributed by atoms with Gasteiger partial charge in [-0.25, -0.2) is 0 Å². The van der Waals surface area contributed by atoms with Gasteiger partial charge in [0.05, 0.1) is 12.1 Å². The number of hydrogen-bond donors (Lipinski definition) is 1. The van der Waals surface area contributed by atoms with E-state index in [1.807, 2.05) is 24.3 Å². The van der Waals surface area contributed by atoms with Crippen LogP contribution in [0.1, 0.15) is 17.5 Å². The maximum absolute atomic E-state index is 12.4. The smallest absolute Gasteiger partial charge is 0.266 e. The lowest BCUT2D eigenvalue weighted by molar-refractivity contribution is -0.122. The van der Waals surface area contributed by atoms with Crippen LogP contribution in [0, 0.1) is 0 Å². The summed E-state index contributed by atoms with van der Waals surface area (Å²) in [5, 5.41) is 12.8. The van der Waals surface area contributed by atoms with Crippen molar-refractivity contribution in [3.05, 3.63) is 63.1 Å². The SMILES string of the molecule is COc1ccccc1Cc1nnc(NC(=O)C(C)Oc2ccc(Cl)cc2Cl)s1. The molecule has 9 heteroatoms. The number of amides is 1. The molecule has 0 aliphatic rings. The zero-order valence-corrected chi connectivity index (χ0v) is 17.4. The van der Waals surface area contributed by atoms with Crippen LogP contribution in [0.2, 0.25) is 10.0 Å². The van der Waals surface area contributed by atoms with E-state index in [2.05, 4.69) is 15.5 Å². The summed E-state index contributed by atoms with van der Waals surface area (Å²) in [6, 6.07) is 12.5. The highest BCUT2D eigenvalue weighted by atomic mass is 35.5. The summed E-state index contributed by atoms with van der Waals surface area (Å²) in [6.07, 6.45) is -0.218. The number of methoxy groups -OCH3 is 1. The summed E-state index contributed by atoms with van der Waals surface area (Å²) in [4.78, 5) is 12.4. The maximum Gasteiger partial charge on any atom is 0.266 e. The molecular formula is C19H17Cl2N3O3S. The van der Waals surface area contributed by atoms with E-state index in [0.29, 0.717) is 27.3 Å². The highest BCUT2D eigenvalue weighted by Gasteiger charge is 2.18. The average molecular weight is 438 g/mol. The Morgan fingerprint density at radius 3 is 2.71 bits per heavy atom. The molecule has 6 nitrogen and oxygen atoms in total. The molecular weight excluding hydrogens is 421 g/mol. The molecule has 28 heavy (non-hydrogen) atoms. The molecule has 0 aliphatic carbocycles. The first-order valence-electron chi connectivity index (χ1n) is 8.33. The monoisotopic (exact) mass is 437 g/mol. The standard InChI is InChI=1S/C19H17Cl2N3O3S/c1-11(27-16-8-7-13(20)10-14(16)21)18(25)22-19-24-23-17(28-19)9-12-5-3-4-6-15(12)26-2/h3-8,10-11H,9H2,1-2H3,(H,22,24,25). The number of benzene rings is 2. The van der Waals surface area contributed by atoms with Crippen LogP contribution in [0.25, 0.3) is 0 Å². The van der Waals surface area contributed by atoms with Crippen LogP contribution in [0.4, 0.5) is 5.13 Å². The van der Waals surface area contributed by atoms with E-state index < -0.39 is 6.10 Å². The summed E-state index contributed by atoms with van der Waals surface area (Å²) in [5.41, 5.74) is 0.994. The zero-order valence-electron chi connectivity index (χ0n) is 15.1. The number of nitrogens with zero attached hydrogens (tertiary/aromatic N) is 2. The van der Waals surface area contributed by atoms with Gasteiger partial charge in [0.2, 0.25) is 5.13 Å². The molecule has 0 saturated heterocycles. The van der Waals surface area contributed by atoms with Gasteiger partial charge in [0, 0.05) is 17.0 Å².